The van der Waals surface area contributed by atoms with Crippen molar-refractivity contribution in [3.63, 3.8) is 0 Å². The zero-order valence-electron chi connectivity index (χ0n) is 13.9. The Morgan fingerprint density at radius 2 is 1.75 bits per heavy atom. The fourth-order valence-corrected chi connectivity index (χ4v) is 3.31. The summed E-state index contributed by atoms with van der Waals surface area (Å²) in [5.74, 6) is -2.04. The maximum absolute atomic E-state index is 12.8. The zero-order valence-corrected chi connectivity index (χ0v) is 13.9. The normalized spacial score (nSPS) is 15.8. The number of benzene rings is 1. The van der Waals surface area contributed by atoms with Gasteiger partial charge in [-0.2, -0.15) is 5.10 Å². The Morgan fingerprint density at radius 1 is 1.12 bits per heavy atom. The van der Waals surface area contributed by atoms with Gasteiger partial charge in [-0.1, -0.05) is 30.3 Å². The number of Topliss-reactive ketones (excluding diaryl/α,β-unsaturated/α-hetero) is 3. The largest absolute Gasteiger partial charge is 0.298 e. The number of aryl methyl sites for hydroxylation is 1. The van der Waals surface area contributed by atoms with Gasteiger partial charge in [-0.25, -0.2) is 0 Å². The van der Waals surface area contributed by atoms with Gasteiger partial charge < -0.3 is 0 Å². The monoisotopic (exact) mass is 324 g/mol. The lowest BCUT2D eigenvalue weighted by Gasteiger charge is -2.18. The molecule has 0 radical (unpaired) electrons. The van der Waals surface area contributed by atoms with Gasteiger partial charge in [0.1, 0.15) is 5.92 Å². The molecule has 1 aromatic heterocycles. The summed E-state index contributed by atoms with van der Waals surface area (Å²) in [4.78, 5) is 37.0. The standard InChI is InChI=1S/C19H20N2O3/c1-12-17(19(24)18-15(22)9-6-10-16(18)23)13(2)21(20-12)11-14-7-4-3-5-8-14/h3-5,7-8,18H,6,9-11H2,1-2H3. The van der Waals surface area contributed by atoms with Gasteiger partial charge >= 0.3 is 0 Å². The van der Waals surface area contributed by atoms with E-state index >= 15 is 0 Å². The Hall–Kier alpha value is -2.56. The molecule has 0 saturated heterocycles. The van der Waals surface area contributed by atoms with Crippen molar-refractivity contribution in [1.29, 1.82) is 0 Å². The van der Waals surface area contributed by atoms with E-state index in [1.807, 2.05) is 37.3 Å². The molecule has 0 unspecified atom stereocenters. The van der Waals surface area contributed by atoms with E-state index in [2.05, 4.69) is 5.10 Å². The number of aromatic nitrogens is 2. The molecule has 1 heterocycles. The number of hydrogen-bond acceptors (Lipinski definition) is 4. The second-order valence-electron chi connectivity index (χ2n) is 6.27. The summed E-state index contributed by atoms with van der Waals surface area (Å²) in [6.07, 6.45) is 1.16. The highest BCUT2D eigenvalue weighted by atomic mass is 16.2. The predicted octanol–water partition coefficient (Wildman–Crippen LogP) is 2.67. The minimum absolute atomic E-state index is 0.258. The maximum Gasteiger partial charge on any atom is 0.184 e. The van der Waals surface area contributed by atoms with Crippen molar-refractivity contribution in [3.05, 3.63) is 52.8 Å². The Balaban J connectivity index is 1.92. The van der Waals surface area contributed by atoms with Gasteiger partial charge in [0.25, 0.3) is 0 Å². The van der Waals surface area contributed by atoms with Gasteiger partial charge in [-0.05, 0) is 25.8 Å². The molecule has 1 saturated carbocycles. The Bertz CT molecular complexity index is 790. The molecule has 5 heteroatoms. The topological polar surface area (TPSA) is 69.0 Å². The van der Waals surface area contributed by atoms with Gasteiger partial charge in [0.2, 0.25) is 0 Å². The van der Waals surface area contributed by atoms with Crippen LogP contribution in [-0.4, -0.2) is 27.1 Å². The maximum atomic E-state index is 12.8. The van der Waals surface area contributed by atoms with Crippen LogP contribution in [0.3, 0.4) is 0 Å². The molecule has 1 aromatic carbocycles. The first-order valence-corrected chi connectivity index (χ1v) is 8.16. The fourth-order valence-electron chi connectivity index (χ4n) is 3.31. The van der Waals surface area contributed by atoms with Gasteiger partial charge in [-0.3, -0.25) is 19.1 Å². The van der Waals surface area contributed by atoms with Crippen molar-refractivity contribution in [2.24, 2.45) is 5.92 Å². The van der Waals surface area contributed by atoms with Crippen molar-refractivity contribution in [3.8, 4) is 0 Å². The van der Waals surface area contributed by atoms with Gasteiger partial charge in [0.05, 0.1) is 17.8 Å². The highest BCUT2D eigenvalue weighted by Gasteiger charge is 2.38. The molecule has 3 rings (SSSR count). The lowest BCUT2D eigenvalue weighted by Crippen LogP contribution is -2.35. The van der Waals surface area contributed by atoms with Crippen LogP contribution >= 0.6 is 0 Å². The lowest BCUT2D eigenvalue weighted by molar-refractivity contribution is -0.133. The smallest absolute Gasteiger partial charge is 0.184 e. The van der Waals surface area contributed by atoms with Crippen molar-refractivity contribution in [1.82, 2.24) is 9.78 Å². The van der Waals surface area contributed by atoms with Crippen LogP contribution in [0.1, 0.15) is 46.6 Å². The predicted molar refractivity (Wildman–Crippen MR) is 88.9 cm³/mol. The van der Waals surface area contributed by atoms with E-state index in [4.69, 9.17) is 0 Å². The second-order valence-corrected chi connectivity index (χ2v) is 6.27. The number of ketones is 3. The molecular weight excluding hydrogens is 304 g/mol. The molecule has 0 N–H and O–H groups in total. The lowest BCUT2D eigenvalue weighted by atomic mass is 9.81. The molecule has 5 nitrogen and oxygen atoms in total. The van der Waals surface area contributed by atoms with E-state index in [0.29, 0.717) is 42.8 Å². The minimum atomic E-state index is -1.13. The van der Waals surface area contributed by atoms with Crippen molar-refractivity contribution < 1.29 is 14.4 Å². The average Bonchev–Trinajstić information content (AvgIpc) is 2.82. The van der Waals surface area contributed by atoms with E-state index in [9.17, 15) is 14.4 Å². The number of hydrogen-bond donors (Lipinski definition) is 0. The Morgan fingerprint density at radius 3 is 2.38 bits per heavy atom. The zero-order chi connectivity index (χ0) is 17.3. The summed E-state index contributed by atoms with van der Waals surface area (Å²) in [5.41, 5.74) is 2.76. The SMILES string of the molecule is Cc1nn(Cc2ccccc2)c(C)c1C(=O)C1C(=O)CCCC1=O. The summed E-state index contributed by atoms with van der Waals surface area (Å²) in [6, 6.07) is 9.83. The average molecular weight is 324 g/mol. The molecule has 1 aliphatic rings. The number of carbonyl (C=O) groups is 3. The molecule has 1 aliphatic carbocycles. The van der Waals surface area contributed by atoms with E-state index in [1.165, 1.54) is 0 Å². The van der Waals surface area contributed by atoms with E-state index < -0.39 is 5.92 Å². The van der Waals surface area contributed by atoms with Crippen LogP contribution < -0.4 is 0 Å². The molecule has 1 fully saturated rings. The molecule has 124 valence electrons. The van der Waals surface area contributed by atoms with Crippen molar-refractivity contribution >= 4 is 17.3 Å². The molecule has 24 heavy (non-hydrogen) atoms. The molecule has 2 aromatic rings. The van der Waals surface area contributed by atoms with Crippen molar-refractivity contribution in [2.45, 2.75) is 39.7 Å². The Kier molecular flexibility index (Phi) is 4.42. The fraction of sp³-hybridized carbons (Fsp3) is 0.368. The molecule has 0 atom stereocenters. The highest BCUT2D eigenvalue weighted by Crippen LogP contribution is 2.25. The third kappa shape index (κ3) is 2.94. The summed E-state index contributed by atoms with van der Waals surface area (Å²) >= 11 is 0. The molecule has 0 spiro atoms. The van der Waals surface area contributed by atoms with Gasteiger partial charge in [0, 0.05) is 18.5 Å². The first kappa shape index (κ1) is 16.3. The molecule has 0 amide bonds. The highest BCUT2D eigenvalue weighted by molar-refractivity contribution is 6.25. The minimum Gasteiger partial charge on any atom is -0.298 e. The molecule has 0 bridgehead atoms. The molecule has 0 aliphatic heterocycles. The van der Waals surface area contributed by atoms with Crippen LogP contribution in [0.5, 0.6) is 0 Å². The van der Waals surface area contributed by atoms with Crippen LogP contribution in [0.2, 0.25) is 0 Å². The van der Waals surface area contributed by atoms with E-state index in [0.717, 1.165) is 5.56 Å². The van der Waals surface area contributed by atoms with Crippen LogP contribution in [0.4, 0.5) is 0 Å². The third-order valence-electron chi connectivity index (χ3n) is 4.56. The number of rotatable bonds is 4. The van der Waals surface area contributed by atoms with E-state index in [1.54, 1.807) is 11.6 Å². The van der Waals surface area contributed by atoms with Crippen molar-refractivity contribution in [2.75, 3.05) is 0 Å². The molecular formula is C19H20N2O3. The summed E-state index contributed by atoms with van der Waals surface area (Å²) in [5, 5.41) is 4.44. The van der Waals surface area contributed by atoms with Crippen LogP contribution in [0.15, 0.2) is 30.3 Å². The Labute approximate surface area is 140 Å². The van der Waals surface area contributed by atoms with Crippen LogP contribution in [-0.2, 0) is 16.1 Å². The number of carbonyl (C=O) groups excluding carboxylic acids is 3. The second kappa shape index (κ2) is 6.51. The number of nitrogens with zero attached hydrogens (tertiary/aromatic N) is 2. The third-order valence-corrected chi connectivity index (χ3v) is 4.56. The van der Waals surface area contributed by atoms with Crippen LogP contribution in [0, 0.1) is 19.8 Å². The van der Waals surface area contributed by atoms with Crippen LogP contribution in [0.25, 0.3) is 0 Å². The van der Waals surface area contributed by atoms with Gasteiger partial charge in [0.15, 0.2) is 17.3 Å². The van der Waals surface area contributed by atoms with E-state index in [-0.39, 0.29) is 17.3 Å². The summed E-state index contributed by atoms with van der Waals surface area (Å²) in [7, 11) is 0. The first-order valence-electron chi connectivity index (χ1n) is 8.16. The van der Waals surface area contributed by atoms with Gasteiger partial charge in [-0.15, -0.1) is 0 Å². The summed E-state index contributed by atoms with van der Waals surface area (Å²) < 4.78 is 1.76. The quantitative estimate of drug-likeness (QED) is 0.640. The first-order chi connectivity index (χ1) is 11.5. The summed E-state index contributed by atoms with van der Waals surface area (Å²) in [6.45, 7) is 4.11.